The fourth-order valence-electron chi connectivity index (χ4n) is 2.98. The first-order chi connectivity index (χ1) is 14.1. The van der Waals surface area contributed by atoms with Gasteiger partial charge < -0.3 is 13.9 Å². The molecule has 0 bridgehead atoms. The summed E-state index contributed by atoms with van der Waals surface area (Å²) in [6, 6.07) is 18.9. The molecule has 0 saturated heterocycles. The van der Waals surface area contributed by atoms with Crippen molar-refractivity contribution >= 4 is 32.9 Å². The molecule has 0 aliphatic heterocycles. The monoisotopic (exact) mass is 450 g/mol. The van der Waals surface area contributed by atoms with E-state index in [4.69, 9.17) is 13.9 Å². The lowest BCUT2D eigenvalue weighted by Gasteiger charge is -2.09. The van der Waals surface area contributed by atoms with E-state index in [1.165, 1.54) is 19.4 Å². The quantitative estimate of drug-likeness (QED) is 0.305. The van der Waals surface area contributed by atoms with Gasteiger partial charge in [0.2, 0.25) is 0 Å². The second-order valence-corrected chi connectivity index (χ2v) is 7.15. The Morgan fingerprint density at radius 1 is 1.00 bits per heavy atom. The largest absolute Gasteiger partial charge is 0.496 e. The third kappa shape index (κ3) is 3.79. The third-order valence-electron chi connectivity index (χ3n) is 4.44. The van der Waals surface area contributed by atoms with Crippen LogP contribution in [0.2, 0.25) is 0 Å². The number of hydrogen-bond acceptors (Lipinski definition) is 5. The van der Waals surface area contributed by atoms with Crippen molar-refractivity contribution in [1.29, 1.82) is 0 Å². The van der Waals surface area contributed by atoms with E-state index in [1.54, 1.807) is 36.4 Å². The van der Waals surface area contributed by atoms with E-state index in [9.17, 15) is 9.59 Å². The second kappa shape index (κ2) is 7.93. The maximum absolute atomic E-state index is 12.9. The lowest BCUT2D eigenvalue weighted by Crippen LogP contribution is -2.10. The van der Waals surface area contributed by atoms with Crippen LogP contribution in [-0.4, -0.2) is 13.1 Å². The highest BCUT2D eigenvalue weighted by molar-refractivity contribution is 9.10. The number of esters is 1. The summed E-state index contributed by atoms with van der Waals surface area (Å²) in [5.41, 5.74) is 1.71. The van der Waals surface area contributed by atoms with Crippen LogP contribution in [0.25, 0.3) is 22.1 Å². The van der Waals surface area contributed by atoms with E-state index in [0.29, 0.717) is 27.8 Å². The Morgan fingerprint density at radius 2 is 1.76 bits per heavy atom. The van der Waals surface area contributed by atoms with Crippen molar-refractivity contribution in [3.8, 4) is 22.6 Å². The van der Waals surface area contributed by atoms with E-state index in [-0.39, 0.29) is 11.2 Å². The summed E-state index contributed by atoms with van der Waals surface area (Å²) >= 11 is 3.38. The minimum absolute atomic E-state index is 0.156. The summed E-state index contributed by atoms with van der Waals surface area (Å²) in [6.45, 7) is 0. The van der Waals surface area contributed by atoms with Crippen LogP contribution >= 0.6 is 15.9 Å². The molecular formula is C23H15BrO5. The van der Waals surface area contributed by atoms with E-state index < -0.39 is 5.97 Å². The van der Waals surface area contributed by atoms with Crippen LogP contribution in [0, 0.1) is 0 Å². The number of fused-ring (bicyclic) bond motifs is 1. The fraction of sp³-hybridized carbons (Fsp3) is 0.0435. The van der Waals surface area contributed by atoms with E-state index in [0.717, 1.165) is 10.0 Å². The Labute approximate surface area is 174 Å². The first kappa shape index (κ1) is 19.0. The molecule has 0 unspecified atom stereocenters. The SMILES string of the molecule is COc1ccccc1C(=O)Oc1ccc2c(=O)c(-c3ccc(Br)cc3)coc2c1. The Morgan fingerprint density at radius 3 is 2.52 bits per heavy atom. The van der Waals surface area contributed by atoms with E-state index in [2.05, 4.69) is 15.9 Å². The lowest BCUT2D eigenvalue weighted by atomic mass is 10.1. The highest BCUT2D eigenvalue weighted by atomic mass is 79.9. The van der Waals surface area contributed by atoms with Crippen LogP contribution < -0.4 is 14.9 Å². The third-order valence-corrected chi connectivity index (χ3v) is 4.97. The predicted molar refractivity (Wildman–Crippen MR) is 114 cm³/mol. The molecule has 0 saturated carbocycles. The maximum Gasteiger partial charge on any atom is 0.347 e. The predicted octanol–water partition coefficient (Wildman–Crippen LogP) is 5.45. The van der Waals surface area contributed by atoms with Gasteiger partial charge in [-0.05, 0) is 42.0 Å². The molecule has 1 aromatic heterocycles. The van der Waals surface area contributed by atoms with Crippen molar-refractivity contribution in [2.45, 2.75) is 0 Å². The van der Waals surface area contributed by atoms with Gasteiger partial charge in [-0.3, -0.25) is 4.79 Å². The molecule has 0 fully saturated rings. The number of carbonyl (C=O) groups is 1. The smallest absolute Gasteiger partial charge is 0.347 e. The summed E-state index contributed by atoms with van der Waals surface area (Å²) in [7, 11) is 1.49. The van der Waals surface area contributed by atoms with Gasteiger partial charge in [0.25, 0.3) is 0 Å². The average Bonchev–Trinajstić information content (AvgIpc) is 2.74. The van der Waals surface area contributed by atoms with Crippen LogP contribution in [-0.2, 0) is 0 Å². The summed E-state index contributed by atoms with van der Waals surface area (Å²) < 4.78 is 17.2. The number of benzene rings is 3. The Hall–Kier alpha value is -3.38. The molecular weight excluding hydrogens is 436 g/mol. The van der Waals surface area contributed by atoms with Gasteiger partial charge in [0.05, 0.1) is 18.1 Å². The van der Waals surface area contributed by atoms with Gasteiger partial charge in [0.15, 0.2) is 5.43 Å². The van der Waals surface area contributed by atoms with Gasteiger partial charge >= 0.3 is 5.97 Å². The van der Waals surface area contributed by atoms with Crippen LogP contribution in [0.5, 0.6) is 11.5 Å². The summed E-state index contributed by atoms with van der Waals surface area (Å²) in [4.78, 5) is 25.3. The van der Waals surface area contributed by atoms with Gasteiger partial charge in [-0.25, -0.2) is 4.79 Å². The average molecular weight is 451 g/mol. The molecule has 4 rings (SSSR count). The standard InChI is InChI=1S/C23H15BrO5/c1-27-20-5-3-2-4-18(20)23(26)29-16-10-11-17-21(12-16)28-13-19(22(17)25)14-6-8-15(24)9-7-14/h2-13H,1H3. The number of carbonyl (C=O) groups excluding carboxylic acids is 1. The zero-order valence-electron chi connectivity index (χ0n) is 15.3. The van der Waals surface area contributed by atoms with Crippen molar-refractivity contribution in [2.75, 3.05) is 7.11 Å². The Balaban J connectivity index is 1.67. The normalized spacial score (nSPS) is 10.7. The number of halogens is 1. The molecule has 144 valence electrons. The Bertz CT molecular complexity index is 1260. The van der Waals surface area contributed by atoms with Crippen molar-refractivity contribution in [3.63, 3.8) is 0 Å². The molecule has 29 heavy (non-hydrogen) atoms. The molecule has 0 aliphatic carbocycles. The summed E-state index contributed by atoms with van der Waals surface area (Å²) in [5.74, 6) is 0.132. The molecule has 0 atom stereocenters. The number of para-hydroxylation sites is 1. The molecule has 0 spiro atoms. The van der Waals surface area contributed by atoms with Crippen molar-refractivity contribution in [1.82, 2.24) is 0 Å². The zero-order valence-corrected chi connectivity index (χ0v) is 16.9. The molecule has 0 radical (unpaired) electrons. The lowest BCUT2D eigenvalue weighted by molar-refractivity contribution is 0.0731. The van der Waals surface area contributed by atoms with Gasteiger partial charge in [0.1, 0.15) is 28.9 Å². The van der Waals surface area contributed by atoms with E-state index >= 15 is 0 Å². The van der Waals surface area contributed by atoms with Crippen molar-refractivity contribution in [2.24, 2.45) is 0 Å². The van der Waals surface area contributed by atoms with Crippen LogP contribution in [0.1, 0.15) is 10.4 Å². The highest BCUT2D eigenvalue weighted by Gasteiger charge is 2.15. The zero-order chi connectivity index (χ0) is 20.4. The van der Waals surface area contributed by atoms with Gasteiger partial charge in [0, 0.05) is 10.5 Å². The Kier molecular flexibility index (Phi) is 5.18. The van der Waals surface area contributed by atoms with E-state index in [1.807, 2.05) is 24.3 Å². The van der Waals surface area contributed by atoms with Gasteiger partial charge in [-0.15, -0.1) is 0 Å². The number of methoxy groups -OCH3 is 1. The molecule has 3 aromatic carbocycles. The maximum atomic E-state index is 12.9. The molecule has 1 heterocycles. The second-order valence-electron chi connectivity index (χ2n) is 6.23. The molecule has 6 heteroatoms. The van der Waals surface area contributed by atoms with Crippen molar-refractivity contribution in [3.05, 3.63) is 93.3 Å². The minimum Gasteiger partial charge on any atom is -0.496 e. The molecule has 0 amide bonds. The molecule has 0 N–H and O–H groups in total. The fourth-order valence-corrected chi connectivity index (χ4v) is 3.24. The molecule has 4 aromatic rings. The van der Waals surface area contributed by atoms with Crippen LogP contribution in [0.3, 0.4) is 0 Å². The van der Waals surface area contributed by atoms with Crippen molar-refractivity contribution < 1.29 is 18.7 Å². The highest BCUT2D eigenvalue weighted by Crippen LogP contribution is 2.25. The topological polar surface area (TPSA) is 65.7 Å². The van der Waals surface area contributed by atoms with Gasteiger partial charge in [-0.2, -0.15) is 0 Å². The van der Waals surface area contributed by atoms with Gasteiger partial charge in [-0.1, -0.05) is 40.2 Å². The van der Waals surface area contributed by atoms with Crippen LogP contribution in [0.4, 0.5) is 0 Å². The first-order valence-corrected chi connectivity index (χ1v) is 9.53. The summed E-state index contributed by atoms with van der Waals surface area (Å²) in [6.07, 6.45) is 1.42. The first-order valence-electron chi connectivity index (χ1n) is 8.73. The number of rotatable bonds is 4. The summed E-state index contributed by atoms with van der Waals surface area (Å²) in [5, 5.41) is 0.405. The van der Waals surface area contributed by atoms with Crippen LogP contribution in [0.15, 0.2) is 86.7 Å². The number of hydrogen-bond donors (Lipinski definition) is 0. The minimum atomic E-state index is -0.560. The molecule has 0 aliphatic rings. The molecule has 5 nitrogen and oxygen atoms in total. The number of ether oxygens (including phenoxy) is 2.